The third-order valence-corrected chi connectivity index (χ3v) is 9.04. The molecule has 0 aliphatic carbocycles. The highest BCUT2D eigenvalue weighted by Crippen LogP contribution is 2.36. The highest BCUT2D eigenvalue weighted by Gasteiger charge is 2.46. The van der Waals surface area contributed by atoms with Crippen LogP contribution in [-0.4, -0.2) is 149 Å². The van der Waals surface area contributed by atoms with Crippen molar-refractivity contribution in [3.63, 3.8) is 0 Å². The fourth-order valence-electron chi connectivity index (χ4n) is 5.59. The number of aliphatic hydroxyl groups is 1. The molecule has 0 unspecified atom stereocenters. The summed E-state index contributed by atoms with van der Waals surface area (Å²) in [6.45, 7) is 3.27. The highest BCUT2D eigenvalue weighted by atomic mass is 32.2. The van der Waals surface area contributed by atoms with E-state index in [-0.39, 0.29) is 31.8 Å². The lowest BCUT2D eigenvalue weighted by atomic mass is 9.98. The largest absolute Gasteiger partial charge is 0.480 e. The van der Waals surface area contributed by atoms with Crippen LogP contribution in [0.2, 0.25) is 0 Å². The molecule has 0 radical (unpaired) electrons. The van der Waals surface area contributed by atoms with Gasteiger partial charge in [-0.25, -0.2) is 32.8 Å². The molecule has 1 aliphatic heterocycles. The molecule has 4 heterocycles. The average Bonchev–Trinajstić information content (AvgIpc) is 3.81. The summed E-state index contributed by atoms with van der Waals surface area (Å²) in [4.78, 5) is 23.7. The summed E-state index contributed by atoms with van der Waals surface area (Å²) in [6.07, 6.45) is 5.27. The number of sulfonamides is 1. The molecular formula is C30H51N11O10S. The first-order valence-corrected chi connectivity index (χ1v) is 19.0. The van der Waals surface area contributed by atoms with E-state index < -0.39 is 52.6 Å². The molecule has 0 spiro atoms. The van der Waals surface area contributed by atoms with Crippen molar-refractivity contribution in [2.45, 2.75) is 81.7 Å². The summed E-state index contributed by atoms with van der Waals surface area (Å²) in [7, 11) is -3.22. The third kappa shape index (κ3) is 12.9. The highest BCUT2D eigenvalue weighted by molar-refractivity contribution is 7.88. The Morgan fingerprint density at radius 3 is 2.50 bits per heavy atom. The van der Waals surface area contributed by atoms with Gasteiger partial charge in [0.15, 0.2) is 17.7 Å². The molecule has 22 heteroatoms. The van der Waals surface area contributed by atoms with E-state index >= 15 is 0 Å². The zero-order valence-corrected chi connectivity index (χ0v) is 30.1. The van der Waals surface area contributed by atoms with Gasteiger partial charge >= 0.3 is 5.97 Å². The quantitative estimate of drug-likeness (QED) is 0.0491. The standard InChI is InChI=1S/C30H51N11O10S/c1-52(45,46)38-7-10-47-12-14-49-15-13-48-11-8-41-21(17-37-39-41)4-2-3-9-50-26-25(42)23(16-20(31)5-6-22(32)30(43)44)51-29(26)40-19-36-24-27(33)34-18-35-28(24)40/h17-20,22-23,25-26,29,38,42H,2-16,31-32H2,1H3,(H,43,44)(H2,33,34,35)/t20-,22-,23+,25+,26+,29+/m0/s1. The second-order valence-electron chi connectivity index (χ2n) is 12.4. The van der Waals surface area contributed by atoms with E-state index in [2.05, 4.69) is 30.0 Å². The van der Waals surface area contributed by atoms with Crippen LogP contribution in [0.3, 0.4) is 0 Å². The van der Waals surface area contributed by atoms with Crippen molar-refractivity contribution >= 4 is 33.0 Å². The number of fused-ring (bicyclic) bond motifs is 1. The second kappa shape index (κ2) is 20.7. The smallest absolute Gasteiger partial charge is 0.320 e. The Morgan fingerprint density at radius 2 is 1.77 bits per heavy atom. The number of aliphatic hydroxyl groups excluding tert-OH is 1. The van der Waals surface area contributed by atoms with Gasteiger partial charge in [0, 0.05) is 19.2 Å². The molecule has 21 nitrogen and oxygen atoms in total. The van der Waals surface area contributed by atoms with Gasteiger partial charge in [0.05, 0.1) is 76.8 Å². The molecule has 52 heavy (non-hydrogen) atoms. The zero-order valence-electron chi connectivity index (χ0n) is 29.2. The third-order valence-electron chi connectivity index (χ3n) is 8.31. The lowest BCUT2D eigenvalue weighted by Crippen LogP contribution is -2.38. The summed E-state index contributed by atoms with van der Waals surface area (Å²) in [6, 6.07) is -1.49. The van der Waals surface area contributed by atoms with Gasteiger partial charge in [-0.3, -0.25) is 9.36 Å². The topological polar surface area (TPSA) is 302 Å². The summed E-state index contributed by atoms with van der Waals surface area (Å²) < 4.78 is 56.7. The van der Waals surface area contributed by atoms with Crippen molar-refractivity contribution in [3.05, 3.63) is 24.5 Å². The summed E-state index contributed by atoms with van der Waals surface area (Å²) >= 11 is 0. The lowest BCUT2D eigenvalue weighted by Gasteiger charge is -2.22. The Balaban J connectivity index is 1.18. The molecule has 3 aromatic heterocycles. The van der Waals surface area contributed by atoms with E-state index in [0.29, 0.717) is 76.6 Å². The molecule has 1 fully saturated rings. The van der Waals surface area contributed by atoms with Crippen molar-refractivity contribution in [2.75, 3.05) is 64.8 Å². The van der Waals surface area contributed by atoms with Crippen LogP contribution in [0.15, 0.2) is 18.9 Å². The Labute approximate surface area is 301 Å². The minimum atomic E-state index is -3.22. The first kappa shape index (κ1) is 41.3. The van der Waals surface area contributed by atoms with Crippen molar-refractivity contribution in [1.82, 2.24) is 39.2 Å². The average molecular weight is 758 g/mol. The van der Waals surface area contributed by atoms with Crippen LogP contribution in [0, 0.1) is 0 Å². The summed E-state index contributed by atoms with van der Waals surface area (Å²) in [5, 5.41) is 28.6. The van der Waals surface area contributed by atoms with Crippen LogP contribution in [0.5, 0.6) is 0 Å². The molecule has 4 rings (SSSR count). The Kier molecular flexibility index (Phi) is 16.4. The van der Waals surface area contributed by atoms with Gasteiger partial charge in [0.2, 0.25) is 10.0 Å². The summed E-state index contributed by atoms with van der Waals surface area (Å²) in [5.74, 6) is -0.890. The van der Waals surface area contributed by atoms with Crippen molar-refractivity contribution < 1.29 is 47.1 Å². The fourth-order valence-corrected chi connectivity index (χ4v) is 6.04. The number of unbranched alkanes of at least 4 members (excludes halogenated alkanes) is 1. The number of carboxylic acids is 1. The van der Waals surface area contributed by atoms with E-state index in [4.69, 9.17) is 46.0 Å². The minimum absolute atomic E-state index is 0.191. The molecular weight excluding hydrogens is 706 g/mol. The van der Waals surface area contributed by atoms with E-state index in [1.165, 1.54) is 12.7 Å². The normalized spacial score (nSPS) is 20.5. The number of nitrogens with one attached hydrogen (secondary N) is 1. The number of aromatic nitrogens is 7. The number of imidazole rings is 1. The van der Waals surface area contributed by atoms with Gasteiger partial charge in [-0.1, -0.05) is 5.21 Å². The number of nitrogens with two attached hydrogens (primary N) is 3. The van der Waals surface area contributed by atoms with Crippen molar-refractivity contribution in [1.29, 1.82) is 0 Å². The fraction of sp³-hybridized carbons (Fsp3) is 0.733. The van der Waals surface area contributed by atoms with Crippen LogP contribution in [0.1, 0.15) is 44.0 Å². The van der Waals surface area contributed by atoms with Crippen LogP contribution in [0.4, 0.5) is 5.82 Å². The van der Waals surface area contributed by atoms with Gasteiger partial charge in [-0.05, 0) is 38.5 Å². The number of hydrogen-bond acceptors (Lipinski definition) is 17. The number of carboxylic acid groups (broad SMARTS) is 1. The first-order chi connectivity index (χ1) is 24.9. The zero-order chi connectivity index (χ0) is 37.5. The van der Waals surface area contributed by atoms with Gasteiger partial charge in [0.1, 0.15) is 30.1 Å². The van der Waals surface area contributed by atoms with Gasteiger partial charge in [0.25, 0.3) is 0 Å². The number of ether oxygens (including phenoxy) is 5. The number of anilines is 1. The predicted molar refractivity (Wildman–Crippen MR) is 185 cm³/mol. The van der Waals surface area contributed by atoms with E-state index in [1.54, 1.807) is 15.4 Å². The van der Waals surface area contributed by atoms with Crippen LogP contribution in [0.25, 0.3) is 11.2 Å². The molecule has 1 saturated heterocycles. The van der Waals surface area contributed by atoms with Gasteiger partial charge < -0.3 is 51.1 Å². The molecule has 0 aromatic carbocycles. The molecule has 1 aliphatic rings. The number of rotatable bonds is 26. The van der Waals surface area contributed by atoms with Crippen LogP contribution in [-0.2, 0) is 51.5 Å². The van der Waals surface area contributed by atoms with E-state index in [9.17, 15) is 18.3 Å². The van der Waals surface area contributed by atoms with Crippen molar-refractivity contribution in [2.24, 2.45) is 11.5 Å². The monoisotopic (exact) mass is 757 g/mol. The van der Waals surface area contributed by atoms with Crippen LogP contribution < -0.4 is 21.9 Å². The minimum Gasteiger partial charge on any atom is -0.480 e. The van der Waals surface area contributed by atoms with E-state index in [0.717, 1.165) is 18.4 Å². The molecule has 0 bridgehead atoms. The van der Waals surface area contributed by atoms with Gasteiger partial charge in [-0.2, -0.15) is 0 Å². The molecule has 0 saturated carbocycles. The van der Waals surface area contributed by atoms with Crippen molar-refractivity contribution in [3.8, 4) is 0 Å². The number of hydrogen-bond donors (Lipinski definition) is 6. The Morgan fingerprint density at radius 1 is 1.04 bits per heavy atom. The second-order valence-corrected chi connectivity index (χ2v) is 14.2. The van der Waals surface area contributed by atoms with Crippen LogP contribution >= 0.6 is 0 Å². The molecule has 3 aromatic rings. The molecule has 6 atom stereocenters. The lowest BCUT2D eigenvalue weighted by molar-refractivity contribution is -0.138. The molecule has 292 valence electrons. The Hall–Kier alpha value is -3.45. The Bertz CT molecular complexity index is 1630. The number of aliphatic carboxylic acids is 1. The SMILES string of the molecule is CS(=O)(=O)NCCOCCOCCOCCn1nncc1CCCCO[C@@H]1[C@H](O)[C@@H](C[C@@H](N)CC[C@H](N)C(=O)O)O[C@H]1n1cnc2c(N)ncnc21. The molecule has 0 amide bonds. The summed E-state index contributed by atoms with van der Waals surface area (Å²) in [5.41, 5.74) is 19.7. The number of carbonyl (C=O) groups is 1. The maximum Gasteiger partial charge on any atom is 0.320 e. The number of nitrogens with zero attached hydrogens (tertiary/aromatic N) is 7. The van der Waals surface area contributed by atoms with Gasteiger partial charge in [-0.15, -0.1) is 5.10 Å². The maximum atomic E-state index is 11.3. The predicted octanol–water partition coefficient (Wildman–Crippen LogP) is -1.83. The number of nitrogen functional groups attached to an aromatic ring is 1. The molecule has 9 N–H and O–H groups in total. The maximum absolute atomic E-state index is 11.3. The van der Waals surface area contributed by atoms with E-state index in [1.807, 2.05) is 0 Å². The first-order valence-electron chi connectivity index (χ1n) is 17.1. The number of aryl methyl sites for hydroxylation is 1.